The summed E-state index contributed by atoms with van der Waals surface area (Å²) < 4.78 is 5.57. The minimum atomic E-state index is -0.422. The zero-order chi connectivity index (χ0) is 13.8. The fraction of sp³-hybridized carbons (Fsp3) is 0.429. The van der Waals surface area contributed by atoms with E-state index in [1.165, 1.54) is 26.2 Å². The number of benzene rings is 1. The second kappa shape index (κ2) is 6.19. The molecule has 2 N–H and O–H groups in total. The van der Waals surface area contributed by atoms with Crippen molar-refractivity contribution < 1.29 is 9.53 Å². The third-order valence-electron chi connectivity index (χ3n) is 3.41. The van der Waals surface area contributed by atoms with Gasteiger partial charge in [-0.2, -0.15) is 0 Å². The first kappa shape index (κ1) is 14.1. The topological polar surface area (TPSA) is 62.2 Å². The molecule has 1 aliphatic rings. The molecule has 102 valence electrons. The summed E-state index contributed by atoms with van der Waals surface area (Å²) in [5.41, 5.74) is 1.81. The monoisotopic (exact) mass is 324 g/mol. The summed E-state index contributed by atoms with van der Waals surface area (Å²) in [6, 6.07) is 4.02. The largest absolute Gasteiger partial charge is 0.465 e. The number of hydrogen-bond donors (Lipinski definition) is 2. The van der Waals surface area contributed by atoms with E-state index >= 15 is 0 Å². The molecule has 1 saturated carbocycles. The van der Waals surface area contributed by atoms with Crippen molar-refractivity contribution in [1.82, 2.24) is 0 Å². The van der Waals surface area contributed by atoms with E-state index in [9.17, 15) is 4.79 Å². The molecule has 0 amide bonds. The molecule has 2 rings (SSSR count). The van der Waals surface area contributed by atoms with Gasteiger partial charge >= 0.3 is 5.97 Å². The third-order valence-corrected chi connectivity index (χ3v) is 3.87. The van der Waals surface area contributed by atoms with Crippen LogP contribution in [0.5, 0.6) is 0 Å². The molecule has 0 aliphatic heterocycles. The molecular formula is C14H17BrN2O2. The van der Waals surface area contributed by atoms with Crippen LogP contribution in [0.2, 0.25) is 0 Å². The summed E-state index contributed by atoms with van der Waals surface area (Å²) in [7, 11) is 1.35. The Labute approximate surface area is 121 Å². The van der Waals surface area contributed by atoms with Gasteiger partial charge in [-0.3, -0.25) is 0 Å². The quantitative estimate of drug-likeness (QED) is 0.657. The Morgan fingerprint density at radius 2 is 2.16 bits per heavy atom. The van der Waals surface area contributed by atoms with Gasteiger partial charge < -0.3 is 15.5 Å². The van der Waals surface area contributed by atoms with Crippen LogP contribution in [0.15, 0.2) is 16.6 Å². The molecule has 4 nitrogen and oxygen atoms in total. The summed E-state index contributed by atoms with van der Waals surface area (Å²) in [5.74, 6) is -0.422. The summed E-state index contributed by atoms with van der Waals surface area (Å²) in [5, 5.41) is 11.0. The number of carbonyl (C=O) groups is 1. The molecule has 0 aromatic heterocycles. The molecular weight excluding hydrogens is 308 g/mol. The molecule has 19 heavy (non-hydrogen) atoms. The van der Waals surface area contributed by atoms with Gasteiger partial charge in [0, 0.05) is 28.0 Å². The van der Waals surface area contributed by atoms with E-state index in [0.717, 1.165) is 23.0 Å². The molecule has 0 spiro atoms. The highest BCUT2D eigenvalue weighted by atomic mass is 79.9. The van der Waals surface area contributed by atoms with E-state index in [1.54, 1.807) is 6.07 Å². The van der Waals surface area contributed by atoms with Gasteiger partial charge in [-0.1, -0.05) is 28.8 Å². The molecule has 1 aliphatic carbocycles. The van der Waals surface area contributed by atoms with Gasteiger partial charge in [0.05, 0.1) is 12.7 Å². The lowest BCUT2D eigenvalue weighted by molar-refractivity contribution is 0.0600. The predicted molar refractivity (Wildman–Crippen MR) is 79.2 cm³/mol. The first-order valence-electron chi connectivity index (χ1n) is 6.34. The van der Waals surface area contributed by atoms with Crippen LogP contribution in [0, 0.1) is 5.41 Å². The summed E-state index contributed by atoms with van der Waals surface area (Å²) >= 11 is 3.40. The number of hydrogen-bond acceptors (Lipinski definition) is 4. The summed E-state index contributed by atoms with van der Waals surface area (Å²) in [6.45, 7) is 0. The van der Waals surface area contributed by atoms with Crippen molar-refractivity contribution in [3.8, 4) is 0 Å². The van der Waals surface area contributed by atoms with Crippen molar-refractivity contribution in [3.05, 3.63) is 27.7 Å². The van der Waals surface area contributed by atoms with E-state index in [4.69, 9.17) is 10.1 Å². The lowest BCUT2D eigenvalue weighted by atomic mass is 10.1. The van der Waals surface area contributed by atoms with Crippen LogP contribution >= 0.6 is 15.9 Å². The number of halogens is 1. The Balaban J connectivity index is 2.37. The minimum Gasteiger partial charge on any atom is -0.465 e. The van der Waals surface area contributed by atoms with Gasteiger partial charge in [0.25, 0.3) is 0 Å². The van der Waals surface area contributed by atoms with Gasteiger partial charge in [-0.15, -0.1) is 0 Å². The van der Waals surface area contributed by atoms with Gasteiger partial charge in [-0.05, 0) is 25.0 Å². The smallest absolute Gasteiger partial charge is 0.338 e. The predicted octanol–water partition coefficient (Wildman–Crippen LogP) is 3.59. The van der Waals surface area contributed by atoms with Gasteiger partial charge in [0.2, 0.25) is 0 Å². The highest BCUT2D eigenvalue weighted by molar-refractivity contribution is 9.10. The molecule has 5 heteroatoms. The van der Waals surface area contributed by atoms with Gasteiger partial charge in [-0.25, -0.2) is 4.79 Å². The van der Waals surface area contributed by atoms with Crippen molar-refractivity contribution in [1.29, 1.82) is 5.41 Å². The number of carbonyl (C=O) groups excluding carboxylic acids is 1. The number of nitrogens with one attached hydrogen (secondary N) is 2. The van der Waals surface area contributed by atoms with Crippen molar-refractivity contribution in [2.75, 3.05) is 12.4 Å². The molecule has 0 bridgehead atoms. The maximum Gasteiger partial charge on any atom is 0.338 e. The first-order chi connectivity index (χ1) is 9.15. The van der Waals surface area contributed by atoms with Gasteiger partial charge in [0.15, 0.2) is 0 Å². The lowest BCUT2D eigenvalue weighted by Crippen LogP contribution is -2.17. The molecule has 0 unspecified atom stereocenters. The van der Waals surface area contributed by atoms with E-state index in [1.807, 2.05) is 6.07 Å². The molecule has 0 atom stereocenters. The summed E-state index contributed by atoms with van der Waals surface area (Å²) in [6.07, 6.45) is 5.94. The van der Waals surface area contributed by atoms with Crippen molar-refractivity contribution in [2.45, 2.75) is 31.7 Å². The third kappa shape index (κ3) is 3.15. The summed E-state index contributed by atoms with van der Waals surface area (Å²) in [4.78, 5) is 11.8. The van der Waals surface area contributed by atoms with E-state index in [0.29, 0.717) is 17.2 Å². The fourth-order valence-corrected chi connectivity index (χ4v) is 2.92. The van der Waals surface area contributed by atoms with Crippen molar-refractivity contribution >= 4 is 33.8 Å². The minimum absolute atomic E-state index is 0.410. The van der Waals surface area contributed by atoms with Crippen LogP contribution in [-0.4, -0.2) is 25.3 Å². The Kier molecular flexibility index (Phi) is 4.58. The average Bonchev–Trinajstić information content (AvgIpc) is 2.90. The zero-order valence-electron chi connectivity index (χ0n) is 10.8. The average molecular weight is 325 g/mol. The Bertz CT molecular complexity index is 496. The molecule has 0 radical (unpaired) electrons. The van der Waals surface area contributed by atoms with E-state index < -0.39 is 5.97 Å². The van der Waals surface area contributed by atoms with E-state index in [-0.39, 0.29) is 0 Å². The number of rotatable bonds is 4. The van der Waals surface area contributed by atoms with Crippen LogP contribution in [0.3, 0.4) is 0 Å². The first-order valence-corrected chi connectivity index (χ1v) is 7.14. The van der Waals surface area contributed by atoms with Crippen LogP contribution in [-0.2, 0) is 4.74 Å². The van der Waals surface area contributed by atoms with Crippen LogP contribution in [0.4, 0.5) is 5.69 Å². The second-order valence-corrected chi connectivity index (χ2v) is 5.59. The Hall–Kier alpha value is -1.36. The molecule has 0 saturated heterocycles. The highest BCUT2D eigenvalue weighted by Crippen LogP contribution is 2.29. The van der Waals surface area contributed by atoms with Crippen LogP contribution in [0.25, 0.3) is 0 Å². The number of methoxy groups -OCH3 is 1. The maximum atomic E-state index is 11.8. The second-order valence-electron chi connectivity index (χ2n) is 4.68. The van der Waals surface area contributed by atoms with Crippen molar-refractivity contribution in [3.63, 3.8) is 0 Å². The standard InChI is InChI=1S/C14H17BrN2O2/c1-19-14(18)11-6-9(15)7-13(12(11)8-16)17-10-4-2-3-5-10/h6-8,10,16-17H,2-5H2,1H3. The van der Waals surface area contributed by atoms with Crippen LogP contribution < -0.4 is 5.32 Å². The molecule has 1 aromatic rings. The van der Waals surface area contributed by atoms with Crippen LogP contribution in [0.1, 0.15) is 41.6 Å². The SMILES string of the molecule is COC(=O)c1cc(Br)cc(NC2CCCC2)c1C=N. The lowest BCUT2D eigenvalue weighted by Gasteiger charge is -2.17. The zero-order valence-corrected chi connectivity index (χ0v) is 12.4. The molecule has 1 aromatic carbocycles. The number of esters is 1. The number of ether oxygens (including phenoxy) is 1. The normalized spacial score (nSPS) is 15.3. The maximum absolute atomic E-state index is 11.8. The Morgan fingerprint density at radius 3 is 2.74 bits per heavy atom. The molecule has 0 heterocycles. The Morgan fingerprint density at radius 1 is 1.47 bits per heavy atom. The number of anilines is 1. The highest BCUT2D eigenvalue weighted by Gasteiger charge is 2.19. The van der Waals surface area contributed by atoms with E-state index in [2.05, 4.69) is 21.2 Å². The fourth-order valence-electron chi connectivity index (χ4n) is 2.46. The molecule has 1 fully saturated rings. The van der Waals surface area contributed by atoms with Crippen molar-refractivity contribution in [2.24, 2.45) is 0 Å². The van der Waals surface area contributed by atoms with Gasteiger partial charge in [0.1, 0.15) is 0 Å².